The number of aliphatic hydroxyl groups is 6. The standard InChI is InChI=1S/C34H40O19/c1-13-23(41)26(44)27(45)32(48-13)53-31-29(51-21(40)11-34(2,46)10-20(38)39)24(42)19(12-35)50-33(31)52-30-25(43)22-17(37)8-16(47-3)9-18(22)49-28(30)14-4-6-15(36)7-5-14/h4-9,13,19,23-24,26-27,29,31-33,35-37,41-42,44-46H,10-12H2,1-3H3,(H,38,39)/t13-,19+,23-,24-,26+,27+,29-,31+,32-,33-,34-/m0/s1. The Kier molecular flexibility index (Phi) is 11.8. The van der Waals surface area contributed by atoms with Gasteiger partial charge in [0.1, 0.15) is 58.7 Å². The van der Waals surface area contributed by atoms with E-state index in [1.54, 1.807) is 0 Å². The zero-order valence-electron chi connectivity index (χ0n) is 28.5. The summed E-state index contributed by atoms with van der Waals surface area (Å²) < 4.78 is 40.1. The maximum absolute atomic E-state index is 14.2. The lowest BCUT2D eigenvalue weighted by Crippen LogP contribution is -2.65. The minimum absolute atomic E-state index is 0.117. The number of esters is 1. The number of aliphatic carboxylic acids is 1. The number of fused-ring (bicyclic) bond motifs is 1. The second kappa shape index (κ2) is 15.8. The van der Waals surface area contributed by atoms with Crippen molar-refractivity contribution < 1.29 is 88.4 Å². The number of methoxy groups -OCH3 is 1. The van der Waals surface area contributed by atoms with Crippen molar-refractivity contribution in [3.8, 4) is 34.3 Å². The lowest BCUT2D eigenvalue weighted by Gasteiger charge is -2.46. The lowest BCUT2D eigenvalue weighted by atomic mass is 9.96. The monoisotopic (exact) mass is 752 g/mol. The molecular formula is C34H40O19. The number of aliphatic hydroxyl groups excluding tert-OH is 5. The van der Waals surface area contributed by atoms with E-state index in [0.717, 1.165) is 13.0 Å². The molecule has 3 aromatic rings. The van der Waals surface area contributed by atoms with E-state index < -0.39 is 121 Å². The molecule has 0 saturated carbocycles. The molecule has 1 aromatic heterocycles. The number of carboxylic acids is 1. The number of aromatic hydroxyl groups is 2. The SMILES string of the molecule is COc1cc(O)c2c(=O)c(O[C@@H]3O[C@H](CO)[C@H](O)[C@H](OC(=O)C[C@@](C)(O)CC(=O)O)[C@H]3O[C@@H]3O[C@@H](C)[C@H](O)[C@@H](O)[C@H]3O)c(-c3ccc(O)cc3)oc2c1. The molecular weight excluding hydrogens is 712 g/mol. The van der Waals surface area contributed by atoms with Gasteiger partial charge in [-0.1, -0.05) is 0 Å². The average molecular weight is 753 g/mol. The summed E-state index contributed by atoms with van der Waals surface area (Å²) in [6, 6.07) is 7.69. The molecule has 3 heterocycles. The third kappa shape index (κ3) is 8.48. The van der Waals surface area contributed by atoms with E-state index in [1.807, 2.05) is 0 Å². The predicted molar refractivity (Wildman–Crippen MR) is 175 cm³/mol. The fourth-order valence-corrected chi connectivity index (χ4v) is 5.99. The van der Waals surface area contributed by atoms with Crippen LogP contribution in [-0.2, 0) is 28.5 Å². The van der Waals surface area contributed by atoms with Crippen LogP contribution < -0.4 is 14.9 Å². The molecule has 290 valence electrons. The molecule has 2 aromatic carbocycles. The molecule has 0 radical (unpaired) electrons. The highest BCUT2D eigenvalue weighted by Crippen LogP contribution is 2.39. The highest BCUT2D eigenvalue weighted by Gasteiger charge is 2.53. The number of carboxylic acid groups (broad SMARTS) is 1. The van der Waals surface area contributed by atoms with Crippen molar-refractivity contribution in [2.45, 2.75) is 93.7 Å². The molecule has 11 atom stereocenters. The minimum Gasteiger partial charge on any atom is -0.508 e. The smallest absolute Gasteiger partial charge is 0.309 e. The van der Waals surface area contributed by atoms with E-state index in [-0.39, 0.29) is 28.4 Å². The van der Waals surface area contributed by atoms with Crippen molar-refractivity contribution in [3.05, 3.63) is 46.6 Å². The summed E-state index contributed by atoms with van der Waals surface area (Å²) in [6.45, 7) is 1.45. The summed E-state index contributed by atoms with van der Waals surface area (Å²) >= 11 is 0. The Bertz CT molecular complexity index is 1840. The van der Waals surface area contributed by atoms with E-state index in [4.69, 9.17) is 37.9 Å². The molecule has 0 spiro atoms. The third-order valence-electron chi connectivity index (χ3n) is 8.73. The first-order valence-electron chi connectivity index (χ1n) is 16.2. The Balaban J connectivity index is 1.64. The summed E-state index contributed by atoms with van der Waals surface area (Å²) in [5.74, 6) is -4.30. The van der Waals surface area contributed by atoms with E-state index in [2.05, 4.69) is 0 Å². The summed E-state index contributed by atoms with van der Waals surface area (Å²) in [6.07, 6.45) is -19.6. The summed E-state index contributed by atoms with van der Waals surface area (Å²) in [7, 11) is 1.31. The second-order valence-electron chi connectivity index (χ2n) is 13.0. The molecule has 19 nitrogen and oxygen atoms in total. The first-order chi connectivity index (χ1) is 24.9. The fraction of sp³-hybridized carbons (Fsp3) is 0.500. The van der Waals surface area contributed by atoms with Crippen LogP contribution in [0.5, 0.6) is 23.0 Å². The number of rotatable bonds is 12. The number of carbonyl (C=O) groups excluding carboxylic acids is 1. The Morgan fingerprint density at radius 2 is 1.58 bits per heavy atom. The van der Waals surface area contributed by atoms with E-state index >= 15 is 0 Å². The normalized spacial score (nSPS) is 30.0. The third-order valence-corrected chi connectivity index (χ3v) is 8.73. The second-order valence-corrected chi connectivity index (χ2v) is 13.0. The van der Waals surface area contributed by atoms with Crippen LogP contribution in [0.1, 0.15) is 26.7 Å². The zero-order valence-corrected chi connectivity index (χ0v) is 28.5. The van der Waals surface area contributed by atoms with Gasteiger partial charge in [-0.2, -0.15) is 0 Å². The Morgan fingerprint density at radius 1 is 0.906 bits per heavy atom. The van der Waals surface area contributed by atoms with E-state index in [1.165, 1.54) is 44.4 Å². The average Bonchev–Trinajstić information content (AvgIpc) is 3.08. The van der Waals surface area contributed by atoms with Gasteiger partial charge in [-0.25, -0.2) is 0 Å². The Hall–Kier alpha value is -4.57. The molecule has 19 heteroatoms. The molecule has 2 fully saturated rings. The van der Waals surface area contributed by atoms with Gasteiger partial charge in [0.05, 0.1) is 38.3 Å². The van der Waals surface area contributed by atoms with Gasteiger partial charge in [0, 0.05) is 17.7 Å². The van der Waals surface area contributed by atoms with Gasteiger partial charge in [0.25, 0.3) is 0 Å². The lowest BCUT2D eigenvalue weighted by molar-refractivity contribution is -0.355. The molecule has 53 heavy (non-hydrogen) atoms. The summed E-state index contributed by atoms with van der Waals surface area (Å²) in [4.78, 5) is 38.6. The van der Waals surface area contributed by atoms with Crippen LogP contribution in [0, 0.1) is 0 Å². The Morgan fingerprint density at radius 3 is 2.21 bits per heavy atom. The van der Waals surface area contributed by atoms with Crippen LogP contribution in [-0.4, -0.2) is 139 Å². The van der Waals surface area contributed by atoms with Crippen molar-refractivity contribution in [1.82, 2.24) is 0 Å². The van der Waals surface area contributed by atoms with Crippen molar-refractivity contribution in [2.75, 3.05) is 13.7 Å². The van der Waals surface area contributed by atoms with Crippen LogP contribution in [0.2, 0.25) is 0 Å². The molecule has 0 bridgehead atoms. The van der Waals surface area contributed by atoms with Crippen LogP contribution in [0.15, 0.2) is 45.6 Å². The molecule has 9 N–H and O–H groups in total. The number of phenolic OH excluding ortho intramolecular Hbond substituents is 2. The van der Waals surface area contributed by atoms with E-state index in [9.17, 15) is 55.2 Å². The van der Waals surface area contributed by atoms with Crippen LogP contribution >= 0.6 is 0 Å². The summed E-state index contributed by atoms with van der Waals surface area (Å²) in [5.41, 5.74) is -3.15. The maximum atomic E-state index is 14.2. The first-order valence-corrected chi connectivity index (χ1v) is 16.2. The largest absolute Gasteiger partial charge is 0.508 e. The van der Waals surface area contributed by atoms with Gasteiger partial charge >= 0.3 is 11.9 Å². The van der Waals surface area contributed by atoms with Gasteiger partial charge in [0.2, 0.25) is 17.5 Å². The van der Waals surface area contributed by atoms with Gasteiger partial charge < -0.3 is 78.8 Å². The minimum atomic E-state index is -2.13. The molecule has 0 amide bonds. The number of ether oxygens (including phenoxy) is 6. The number of carbonyl (C=O) groups is 2. The van der Waals surface area contributed by atoms with Gasteiger partial charge in [-0.15, -0.1) is 0 Å². The highest BCUT2D eigenvalue weighted by atomic mass is 16.8. The number of hydrogen-bond acceptors (Lipinski definition) is 18. The summed E-state index contributed by atoms with van der Waals surface area (Å²) in [5, 5.41) is 92.9. The number of benzene rings is 2. The Labute approximate surface area is 299 Å². The van der Waals surface area contributed by atoms with Gasteiger partial charge in [0.15, 0.2) is 24.3 Å². The molecule has 0 unspecified atom stereocenters. The maximum Gasteiger partial charge on any atom is 0.309 e. The topological polar surface area (TPSA) is 302 Å². The number of hydrogen-bond donors (Lipinski definition) is 9. The fourth-order valence-electron chi connectivity index (χ4n) is 5.99. The van der Waals surface area contributed by atoms with Crippen molar-refractivity contribution in [3.63, 3.8) is 0 Å². The first kappa shape index (κ1) is 39.6. The quantitative estimate of drug-likeness (QED) is 0.101. The molecule has 5 rings (SSSR count). The van der Waals surface area contributed by atoms with Crippen LogP contribution in [0.3, 0.4) is 0 Å². The number of phenols is 2. The van der Waals surface area contributed by atoms with Gasteiger partial charge in [-0.3, -0.25) is 14.4 Å². The van der Waals surface area contributed by atoms with Gasteiger partial charge in [-0.05, 0) is 38.1 Å². The zero-order chi connectivity index (χ0) is 38.9. The van der Waals surface area contributed by atoms with Crippen molar-refractivity contribution in [1.29, 1.82) is 0 Å². The molecule has 0 aliphatic carbocycles. The molecule has 2 aliphatic heterocycles. The molecule has 2 aliphatic rings. The highest BCUT2D eigenvalue weighted by molar-refractivity contribution is 5.88. The predicted octanol–water partition coefficient (Wildman–Crippen LogP) is -0.923. The van der Waals surface area contributed by atoms with Crippen LogP contribution in [0.4, 0.5) is 0 Å². The van der Waals surface area contributed by atoms with E-state index in [0.29, 0.717) is 0 Å². The van der Waals surface area contributed by atoms with Crippen molar-refractivity contribution in [2.24, 2.45) is 0 Å². The molecule has 2 saturated heterocycles. The van der Waals surface area contributed by atoms with Crippen molar-refractivity contribution >= 4 is 22.9 Å². The van der Waals surface area contributed by atoms with Crippen LogP contribution in [0.25, 0.3) is 22.3 Å².